The molecule has 1 heterocycles. The molecule has 1 aromatic carbocycles. The van der Waals surface area contributed by atoms with Crippen LogP contribution in [0.25, 0.3) is 0 Å². The number of carbonyl (C=O) groups is 2. The first-order valence-corrected chi connectivity index (χ1v) is 15.5. The number of nitriles is 1. The fourth-order valence-electron chi connectivity index (χ4n) is 4.58. The van der Waals surface area contributed by atoms with Crippen LogP contribution in [0.15, 0.2) is 35.3 Å². The zero-order valence-electron chi connectivity index (χ0n) is 23.8. The number of nitrogens with zero attached hydrogens (tertiary/aromatic N) is 3. The normalized spacial score (nSPS) is 18.3. The number of benzene rings is 1. The number of carbonyl (C=O) groups excluding carboxylic acids is 2. The number of hydrogen-bond acceptors (Lipinski definition) is 8. The van der Waals surface area contributed by atoms with Crippen molar-refractivity contribution >= 4 is 74.5 Å². The topological polar surface area (TPSA) is 93.8 Å². The van der Waals surface area contributed by atoms with E-state index in [1.54, 1.807) is 4.90 Å². The van der Waals surface area contributed by atoms with Gasteiger partial charge in [0.2, 0.25) is 5.91 Å². The minimum atomic E-state index is -1.07. The van der Waals surface area contributed by atoms with Crippen molar-refractivity contribution in [3.8, 4) is 6.07 Å². The first-order chi connectivity index (χ1) is 18.0. The summed E-state index contributed by atoms with van der Waals surface area (Å²) in [5.74, 6) is 0.323. The van der Waals surface area contributed by atoms with Gasteiger partial charge in [0.25, 0.3) is 5.91 Å². The lowest BCUT2D eigenvalue weighted by molar-refractivity contribution is -0.132. The van der Waals surface area contributed by atoms with E-state index in [0.717, 1.165) is 11.3 Å². The van der Waals surface area contributed by atoms with Gasteiger partial charge in [-0.25, -0.2) is 4.99 Å². The predicted molar refractivity (Wildman–Crippen MR) is 171 cm³/mol. The quantitative estimate of drug-likeness (QED) is 0.227. The summed E-state index contributed by atoms with van der Waals surface area (Å²) in [5, 5.41) is 20.2. The average molecular weight is 606 g/mol. The third kappa shape index (κ3) is 7.98. The summed E-state index contributed by atoms with van der Waals surface area (Å²) in [6, 6.07) is 12.1. The van der Waals surface area contributed by atoms with E-state index in [1.807, 2.05) is 71.9 Å². The van der Waals surface area contributed by atoms with Crippen LogP contribution in [0.4, 0.5) is 0 Å². The second kappa shape index (κ2) is 13.3. The van der Waals surface area contributed by atoms with Crippen molar-refractivity contribution in [3.05, 3.63) is 35.9 Å². The molecule has 0 radical (unpaired) electrons. The van der Waals surface area contributed by atoms with Crippen molar-refractivity contribution in [1.82, 2.24) is 4.90 Å². The van der Waals surface area contributed by atoms with E-state index >= 15 is 0 Å². The van der Waals surface area contributed by atoms with Crippen molar-refractivity contribution in [2.24, 2.45) is 21.2 Å². The van der Waals surface area contributed by atoms with Crippen molar-refractivity contribution in [3.63, 3.8) is 0 Å². The summed E-state index contributed by atoms with van der Waals surface area (Å²) in [6.07, 6.45) is 1.19. The highest BCUT2D eigenvalue weighted by molar-refractivity contribution is 8.24. The number of rotatable bonds is 11. The Kier molecular flexibility index (Phi) is 11.5. The van der Waals surface area contributed by atoms with E-state index in [-0.39, 0.29) is 18.2 Å². The Morgan fingerprint density at radius 2 is 1.85 bits per heavy atom. The Morgan fingerprint density at radius 1 is 1.23 bits per heavy atom. The number of aliphatic imine (C=N–C) groups is 1. The predicted octanol–water partition coefficient (Wildman–Crippen LogP) is 6.45. The number of thiocarbonyl (C=S) groups is 2. The van der Waals surface area contributed by atoms with Gasteiger partial charge in [-0.05, 0) is 58.4 Å². The van der Waals surface area contributed by atoms with Crippen LogP contribution in [0.2, 0.25) is 0 Å². The SMILES string of the molecule is CC(O)C=NC(=O)C(C)(CC(C)(C)C(C)(C#N)CCC(=O)N1CCSC1=S)C(C)(C)SC(=S)c1ccccc1. The van der Waals surface area contributed by atoms with Crippen LogP contribution in [-0.4, -0.2) is 59.7 Å². The lowest BCUT2D eigenvalue weighted by Gasteiger charge is -2.49. The second-order valence-electron chi connectivity index (χ2n) is 11.6. The summed E-state index contributed by atoms with van der Waals surface area (Å²) in [7, 11) is 0. The molecule has 0 bridgehead atoms. The molecule has 1 aliphatic rings. The Labute approximate surface area is 252 Å². The molecule has 2 rings (SSSR count). The molecule has 1 fully saturated rings. The molecule has 3 unspecified atom stereocenters. The number of thioether (sulfide) groups is 2. The van der Waals surface area contributed by atoms with Crippen molar-refractivity contribution in [2.75, 3.05) is 12.3 Å². The smallest absolute Gasteiger partial charge is 0.252 e. The van der Waals surface area contributed by atoms with Gasteiger partial charge < -0.3 is 5.11 Å². The van der Waals surface area contributed by atoms with Gasteiger partial charge >= 0.3 is 0 Å². The summed E-state index contributed by atoms with van der Waals surface area (Å²) in [4.78, 5) is 32.4. The van der Waals surface area contributed by atoms with Crippen molar-refractivity contribution in [1.29, 1.82) is 5.26 Å². The molecular weight excluding hydrogens is 567 g/mol. The second-order valence-corrected chi connectivity index (χ2v) is 15.6. The Hall–Kier alpha value is -1.64. The third-order valence-electron chi connectivity index (χ3n) is 8.00. The van der Waals surface area contributed by atoms with Gasteiger partial charge in [0, 0.05) is 29.7 Å². The molecule has 1 saturated heterocycles. The van der Waals surface area contributed by atoms with E-state index in [2.05, 4.69) is 11.1 Å². The first kappa shape index (κ1) is 33.6. The molecule has 1 N–H and O–H groups in total. The molecule has 0 saturated carbocycles. The number of aliphatic hydroxyl groups excluding tert-OH is 1. The van der Waals surface area contributed by atoms with Gasteiger partial charge in [0.1, 0.15) is 4.32 Å². The molecule has 6 nitrogen and oxygen atoms in total. The molecular formula is C29H39N3O3S4. The molecule has 0 aliphatic carbocycles. The maximum atomic E-state index is 13.8. The monoisotopic (exact) mass is 605 g/mol. The Bertz CT molecular complexity index is 1160. The maximum absolute atomic E-state index is 13.8. The van der Waals surface area contributed by atoms with Crippen LogP contribution in [0.5, 0.6) is 0 Å². The van der Waals surface area contributed by atoms with E-state index in [9.17, 15) is 20.0 Å². The highest BCUT2D eigenvalue weighted by Crippen LogP contribution is 2.55. The molecule has 0 spiro atoms. The van der Waals surface area contributed by atoms with E-state index in [0.29, 0.717) is 27.9 Å². The fraction of sp³-hybridized carbons (Fsp3) is 0.586. The number of aliphatic hydroxyl groups is 1. The molecule has 39 heavy (non-hydrogen) atoms. The van der Waals surface area contributed by atoms with Crippen LogP contribution in [0.3, 0.4) is 0 Å². The maximum Gasteiger partial charge on any atom is 0.252 e. The van der Waals surface area contributed by atoms with Gasteiger partial charge in [0.15, 0.2) is 0 Å². The van der Waals surface area contributed by atoms with Crippen molar-refractivity contribution in [2.45, 2.75) is 78.6 Å². The van der Waals surface area contributed by atoms with Gasteiger partial charge in [-0.3, -0.25) is 14.5 Å². The zero-order chi connectivity index (χ0) is 29.6. The third-order valence-corrected chi connectivity index (χ3v) is 11.3. The molecule has 1 aromatic rings. The van der Waals surface area contributed by atoms with Crippen LogP contribution in [-0.2, 0) is 9.59 Å². The summed E-state index contributed by atoms with van der Waals surface area (Å²) in [6.45, 7) is 13.7. The average Bonchev–Trinajstić information content (AvgIpc) is 3.31. The Balaban J connectivity index is 2.40. The molecule has 2 amide bonds. The standard InChI is InChI=1S/C29H39N3O3S4/c1-20(33)17-31-24(35)29(7,27(4,5)39-23(36)21-11-9-8-10-12-21)18-26(2,3)28(6,19-30)14-13-22(34)32-15-16-38-25(32)37/h8-12,17,20,33H,13-16,18H2,1-7H3. The summed E-state index contributed by atoms with van der Waals surface area (Å²) in [5.41, 5.74) is -1.79. The fourth-order valence-corrected chi connectivity index (χ4v) is 7.68. The largest absolute Gasteiger partial charge is 0.388 e. The van der Waals surface area contributed by atoms with E-state index in [4.69, 9.17) is 24.4 Å². The van der Waals surface area contributed by atoms with E-state index in [1.165, 1.54) is 36.7 Å². The van der Waals surface area contributed by atoms with Gasteiger partial charge in [-0.2, -0.15) is 5.26 Å². The molecule has 10 heteroatoms. The summed E-state index contributed by atoms with van der Waals surface area (Å²) >= 11 is 14.0. The van der Waals surface area contributed by atoms with Gasteiger partial charge in [0.05, 0.1) is 27.2 Å². The lowest BCUT2D eigenvalue weighted by atomic mass is 9.56. The number of amides is 2. The Morgan fingerprint density at radius 3 is 2.36 bits per heavy atom. The highest BCUT2D eigenvalue weighted by Gasteiger charge is 2.55. The van der Waals surface area contributed by atoms with E-state index < -0.39 is 27.1 Å². The zero-order valence-corrected chi connectivity index (χ0v) is 27.1. The van der Waals surface area contributed by atoms with Crippen molar-refractivity contribution < 1.29 is 14.7 Å². The molecule has 3 atom stereocenters. The molecule has 0 aromatic heterocycles. The molecule has 1 aliphatic heterocycles. The van der Waals surface area contributed by atoms with Crippen LogP contribution >= 0.6 is 48.0 Å². The number of hydrogen-bond donors (Lipinski definition) is 1. The van der Waals surface area contributed by atoms with Crippen LogP contribution in [0.1, 0.15) is 73.3 Å². The minimum absolute atomic E-state index is 0.0771. The summed E-state index contributed by atoms with van der Waals surface area (Å²) < 4.78 is 0.514. The molecule has 212 valence electrons. The van der Waals surface area contributed by atoms with Crippen LogP contribution < -0.4 is 0 Å². The lowest BCUT2D eigenvalue weighted by Crippen LogP contribution is -2.50. The first-order valence-electron chi connectivity index (χ1n) is 12.9. The highest BCUT2D eigenvalue weighted by atomic mass is 32.2. The van der Waals surface area contributed by atoms with Crippen LogP contribution in [0, 0.1) is 27.6 Å². The minimum Gasteiger partial charge on any atom is -0.388 e. The van der Waals surface area contributed by atoms with Gasteiger partial charge in [-0.1, -0.05) is 80.4 Å². The van der Waals surface area contributed by atoms with Gasteiger partial charge in [-0.15, -0.1) is 11.8 Å².